The fraction of sp³-hybridized carbons (Fsp3) is 0. The molecule has 7 heteroatoms. The zero-order chi connectivity index (χ0) is 13.4. The van der Waals surface area contributed by atoms with E-state index in [0.29, 0.717) is 17.0 Å². The molecule has 0 amide bonds. The topological polar surface area (TPSA) is 91.8 Å². The minimum atomic E-state index is -1.02. The Morgan fingerprint density at radius 3 is 2.95 bits per heavy atom. The van der Waals surface area contributed by atoms with E-state index in [0.717, 1.165) is 10.0 Å². The van der Waals surface area contributed by atoms with Crippen LogP contribution < -0.4 is 0 Å². The summed E-state index contributed by atoms with van der Waals surface area (Å²) in [6, 6.07) is 3.27. The molecule has 3 aromatic heterocycles. The molecule has 0 saturated carbocycles. The van der Waals surface area contributed by atoms with E-state index in [2.05, 4.69) is 35.9 Å². The normalized spacial score (nSPS) is 10.8. The molecule has 94 valence electrons. The van der Waals surface area contributed by atoms with Crippen LogP contribution >= 0.6 is 15.9 Å². The third kappa shape index (κ3) is 2.08. The average Bonchev–Trinajstić information content (AvgIpc) is 2.82. The lowest BCUT2D eigenvalue weighted by Gasteiger charge is -1.96. The van der Waals surface area contributed by atoms with Gasteiger partial charge in [-0.1, -0.05) is 0 Å². The van der Waals surface area contributed by atoms with E-state index in [-0.39, 0.29) is 5.56 Å². The molecule has 0 aliphatic rings. The first-order chi connectivity index (χ1) is 9.15. The number of fused-ring (bicyclic) bond motifs is 1. The number of carboxylic acids is 1. The van der Waals surface area contributed by atoms with Crippen molar-refractivity contribution in [1.29, 1.82) is 0 Å². The highest BCUT2D eigenvalue weighted by molar-refractivity contribution is 9.10. The van der Waals surface area contributed by atoms with Gasteiger partial charge >= 0.3 is 5.97 Å². The molecule has 0 fully saturated rings. The second-order valence-corrected chi connectivity index (χ2v) is 4.76. The van der Waals surface area contributed by atoms with E-state index in [9.17, 15) is 4.79 Å². The van der Waals surface area contributed by atoms with Crippen molar-refractivity contribution in [1.82, 2.24) is 19.9 Å². The minimum absolute atomic E-state index is 0.145. The maximum atomic E-state index is 11.1. The summed E-state index contributed by atoms with van der Waals surface area (Å²) in [5, 5.41) is 9.11. The smallest absolute Gasteiger partial charge is 0.338 e. The van der Waals surface area contributed by atoms with Crippen LogP contribution in [-0.2, 0) is 0 Å². The number of aromatic carboxylic acids is 1. The predicted molar refractivity (Wildman–Crippen MR) is 71.8 cm³/mol. The average molecular weight is 319 g/mol. The van der Waals surface area contributed by atoms with Crippen LogP contribution in [0.4, 0.5) is 0 Å². The Hall–Kier alpha value is -2.28. The molecule has 19 heavy (non-hydrogen) atoms. The SMILES string of the molecule is O=C(O)c1ccnc2nc(-c3cncc(Br)c3)[nH]c12. The number of imidazole rings is 1. The first-order valence-electron chi connectivity index (χ1n) is 5.34. The van der Waals surface area contributed by atoms with Crippen LogP contribution in [0.25, 0.3) is 22.6 Å². The zero-order valence-corrected chi connectivity index (χ0v) is 11.0. The van der Waals surface area contributed by atoms with Crippen LogP contribution in [0.15, 0.2) is 35.2 Å². The summed E-state index contributed by atoms with van der Waals surface area (Å²) in [6.45, 7) is 0. The number of pyridine rings is 2. The molecule has 3 heterocycles. The van der Waals surface area contributed by atoms with Gasteiger partial charge in [-0.15, -0.1) is 0 Å². The van der Waals surface area contributed by atoms with Crippen LogP contribution in [0.1, 0.15) is 10.4 Å². The van der Waals surface area contributed by atoms with Gasteiger partial charge < -0.3 is 10.1 Å². The number of halogens is 1. The molecule has 0 saturated heterocycles. The molecular formula is C12H7BrN4O2. The maximum absolute atomic E-state index is 11.1. The summed E-state index contributed by atoms with van der Waals surface area (Å²) in [7, 11) is 0. The number of H-pyrrole nitrogens is 1. The van der Waals surface area contributed by atoms with E-state index < -0.39 is 5.97 Å². The largest absolute Gasteiger partial charge is 0.478 e. The monoisotopic (exact) mass is 318 g/mol. The summed E-state index contributed by atoms with van der Waals surface area (Å²) in [5.74, 6) is -0.486. The van der Waals surface area contributed by atoms with Crippen molar-refractivity contribution in [3.8, 4) is 11.4 Å². The summed E-state index contributed by atoms with van der Waals surface area (Å²) in [6.07, 6.45) is 4.73. The Morgan fingerprint density at radius 2 is 2.21 bits per heavy atom. The third-order valence-electron chi connectivity index (χ3n) is 2.60. The molecular weight excluding hydrogens is 312 g/mol. The number of nitrogens with one attached hydrogen (secondary N) is 1. The lowest BCUT2D eigenvalue weighted by Crippen LogP contribution is -1.97. The zero-order valence-electron chi connectivity index (χ0n) is 9.46. The standard InChI is InChI=1S/C12H7BrN4O2/c13-7-3-6(4-14-5-7)10-16-9-8(12(18)19)1-2-15-11(9)17-10/h1-5H,(H,18,19)(H,15,16,17). The first kappa shape index (κ1) is 11.8. The van der Waals surface area contributed by atoms with Crippen molar-refractivity contribution in [2.45, 2.75) is 0 Å². The number of aromatic nitrogens is 4. The summed E-state index contributed by atoms with van der Waals surface area (Å²) in [4.78, 5) is 26.5. The van der Waals surface area contributed by atoms with Gasteiger partial charge in [0.2, 0.25) is 0 Å². The molecule has 3 rings (SSSR count). The molecule has 0 bridgehead atoms. The van der Waals surface area contributed by atoms with E-state index >= 15 is 0 Å². The molecule has 0 aromatic carbocycles. The Balaban J connectivity index is 2.22. The number of hydrogen-bond acceptors (Lipinski definition) is 4. The summed E-state index contributed by atoms with van der Waals surface area (Å²) >= 11 is 3.33. The molecule has 0 spiro atoms. The van der Waals surface area contributed by atoms with Crippen LogP contribution in [-0.4, -0.2) is 31.0 Å². The van der Waals surface area contributed by atoms with E-state index in [1.165, 1.54) is 12.3 Å². The molecule has 0 aliphatic carbocycles. The fourth-order valence-corrected chi connectivity index (χ4v) is 2.13. The number of carbonyl (C=O) groups is 1. The predicted octanol–water partition coefficient (Wildman–Crippen LogP) is 2.48. The molecule has 0 unspecified atom stereocenters. The number of aromatic amines is 1. The summed E-state index contributed by atoms with van der Waals surface area (Å²) < 4.78 is 0.817. The van der Waals surface area contributed by atoms with Gasteiger partial charge in [-0.25, -0.2) is 14.8 Å². The van der Waals surface area contributed by atoms with E-state index in [1.807, 2.05) is 6.07 Å². The van der Waals surface area contributed by atoms with Gasteiger partial charge in [-0.05, 0) is 28.1 Å². The van der Waals surface area contributed by atoms with E-state index in [4.69, 9.17) is 5.11 Å². The quantitative estimate of drug-likeness (QED) is 0.757. The molecule has 0 atom stereocenters. The Kier molecular flexibility index (Phi) is 2.75. The van der Waals surface area contributed by atoms with Crippen LogP contribution in [0, 0.1) is 0 Å². The van der Waals surface area contributed by atoms with Crippen molar-refractivity contribution >= 4 is 33.1 Å². The number of nitrogens with zero attached hydrogens (tertiary/aromatic N) is 3. The van der Waals surface area contributed by atoms with Gasteiger partial charge in [0.1, 0.15) is 5.82 Å². The summed E-state index contributed by atoms with van der Waals surface area (Å²) in [5.41, 5.74) is 1.68. The van der Waals surface area contributed by atoms with Gasteiger partial charge in [-0.3, -0.25) is 4.98 Å². The van der Waals surface area contributed by atoms with Crippen molar-refractivity contribution in [3.05, 3.63) is 40.8 Å². The van der Waals surface area contributed by atoms with Crippen LogP contribution in [0.2, 0.25) is 0 Å². The highest BCUT2D eigenvalue weighted by Gasteiger charge is 2.14. The lowest BCUT2D eigenvalue weighted by atomic mass is 10.2. The minimum Gasteiger partial charge on any atom is -0.478 e. The Morgan fingerprint density at radius 1 is 1.37 bits per heavy atom. The Bertz CT molecular complexity index is 784. The highest BCUT2D eigenvalue weighted by atomic mass is 79.9. The Labute approximate surface area is 115 Å². The van der Waals surface area contributed by atoms with Gasteiger partial charge in [0.15, 0.2) is 5.65 Å². The van der Waals surface area contributed by atoms with Gasteiger partial charge in [0, 0.05) is 28.6 Å². The number of rotatable bonds is 2. The second kappa shape index (κ2) is 4.43. The fourth-order valence-electron chi connectivity index (χ4n) is 1.77. The maximum Gasteiger partial charge on any atom is 0.338 e. The van der Waals surface area contributed by atoms with Crippen molar-refractivity contribution in [2.75, 3.05) is 0 Å². The van der Waals surface area contributed by atoms with Crippen molar-refractivity contribution in [3.63, 3.8) is 0 Å². The van der Waals surface area contributed by atoms with E-state index in [1.54, 1.807) is 12.4 Å². The lowest BCUT2D eigenvalue weighted by molar-refractivity contribution is 0.0699. The first-order valence-corrected chi connectivity index (χ1v) is 6.13. The van der Waals surface area contributed by atoms with Gasteiger partial charge in [-0.2, -0.15) is 0 Å². The van der Waals surface area contributed by atoms with Crippen LogP contribution in [0.3, 0.4) is 0 Å². The molecule has 2 N–H and O–H groups in total. The molecule has 3 aromatic rings. The van der Waals surface area contributed by atoms with Gasteiger partial charge in [0.05, 0.1) is 11.1 Å². The second-order valence-electron chi connectivity index (χ2n) is 3.84. The van der Waals surface area contributed by atoms with Crippen molar-refractivity contribution < 1.29 is 9.90 Å². The molecule has 0 aliphatic heterocycles. The third-order valence-corrected chi connectivity index (χ3v) is 3.03. The highest BCUT2D eigenvalue weighted by Crippen LogP contribution is 2.23. The van der Waals surface area contributed by atoms with Crippen molar-refractivity contribution in [2.24, 2.45) is 0 Å². The van der Waals surface area contributed by atoms with Crippen LogP contribution in [0.5, 0.6) is 0 Å². The number of hydrogen-bond donors (Lipinski definition) is 2. The van der Waals surface area contributed by atoms with Gasteiger partial charge in [0.25, 0.3) is 0 Å². The molecule has 0 radical (unpaired) electrons. The number of carboxylic acid groups (broad SMARTS) is 1. The molecule has 6 nitrogen and oxygen atoms in total.